The molecule has 0 radical (unpaired) electrons. The van der Waals surface area contributed by atoms with Crippen LogP contribution in [0, 0.1) is 0 Å². The summed E-state index contributed by atoms with van der Waals surface area (Å²) in [6, 6.07) is 34.6. The Bertz CT molecular complexity index is 1540. The number of amides is 2. The number of benzene rings is 4. The van der Waals surface area contributed by atoms with Crippen LogP contribution in [0.1, 0.15) is 10.4 Å². The van der Waals surface area contributed by atoms with Crippen LogP contribution >= 0.6 is 0 Å². The Kier molecular flexibility index (Phi) is 7.57. The quantitative estimate of drug-likeness (QED) is 0.291. The number of carbonyl (C=O) groups excluding carboxylic acids is 2. The van der Waals surface area contributed by atoms with Crippen LogP contribution in [-0.2, 0) is 9.53 Å². The van der Waals surface area contributed by atoms with Crippen LogP contribution in [0.25, 0.3) is 27.7 Å². The van der Waals surface area contributed by atoms with E-state index in [1.807, 2.05) is 103 Å². The molecule has 1 aromatic heterocycles. The fourth-order valence-corrected chi connectivity index (χ4v) is 4.38. The van der Waals surface area contributed by atoms with Crippen molar-refractivity contribution in [3.05, 3.63) is 115 Å². The van der Waals surface area contributed by atoms with Crippen LogP contribution in [-0.4, -0.2) is 53.3 Å². The molecule has 0 unspecified atom stereocenters. The minimum atomic E-state index is -0.327. The SMILES string of the molecule is COCCN(CC(=O)Nc1cc(-c2ccccc2)nn1-c1ccccc1)C(=O)c1cccc2ccccc12. The normalized spacial score (nSPS) is 10.9. The van der Waals surface area contributed by atoms with E-state index in [-0.39, 0.29) is 24.9 Å². The summed E-state index contributed by atoms with van der Waals surface area (Å²) in [6.07, 6.45) is 0. The van der Waals surface area contributed by atoms with Crippen molar-refractivity contribution in [1.29, 1.82) is 0 Å². The van der Waals surface area contributed by atoms with Gasteiger partial charge in [0.25, 0.3) is 5.91 Å². The van der Waals surface area contributed by atoms with E-state index in [0.717, 1.165) is 27.7 Å². The predicted molar refractivity (Wildman–Crippen MR) is 149 cm³/mol. The summed E-state index contributed by atoms with van der Waals surface area (Å²) < 4.78 is 6.94. The fourth-order valence-electron chi connectivity index (χ4n) is 4.38. The molecule has 190 valence electrons. The van der Waals surface area contributed by atoms with Crippen molar-refractivity contribution in [3.63, 3.8) is 0 Å². The first-order chi connectivity index (χ1) is 18.6. The first-order valence-corrected chi connectivity index (χ1v) is 12.4. The largest absolute Gasteiger partial charge is 0.383 e. The molecule has 0 aliphatic carbocycles. The maximum Gasteiger partial charge on any atom is 0.255 e. The van der Waals surface area contributed by atoms with E-state index in [4.69, 9.17) is 9.84 Å². The molecule has 5 aromatic rings. The molecule has 0 bridgehead atoms. The van der Waals surface area contributed by atoms with Gasteiger partial charge < -0.3 is 15.0 Å². The molecular weight excluding hydrogens is 476 g/mol. The van der Waals surface area contributed by atoms with Crippen LogP contribution in [0.15, 0.2) is 109 Å². The summed E-state index contributed by atoms with van der Waals surface area (Å²) in [5.74, 6) is -0.0359. The number of rotatable bonds is 9. The highest BCUT2D eigenvalue weighted by atomic mass is 16.5. The van der Waals surface area contributed by atoms with E-state index in [0.29, 0.717) is 18.0 Å². The van der Waals surface area contributed by atoms with Gasteiger partial charge in [0, 0.05) is 30.8 Å². The molecule has 1 heterocycles. The minimum absolute atomic E-state index is 0.133. The van der Waals surface area contributed by atoms with Gasteiger partial charge in [0.15, 0.2) is 0 Å². The first kappa shape index (κ1) is 24.9. The van der Waals surface area contributed by atoms with Gasteiger partial charge in [-0.05, 0) is 29.0 Å². The number of carbonyl (C=O) groups is 2. The highest BCUT2D eigenvalue weighted by molar-refractivity contribution is 6.08. The zero-order valence-corrected chi connectivity index (χ0v) is 21.1. The number of fused-ring (bicyclic) bond motifs is 1. The number of hydrogen-bond donors (Lipinski definition) is 1. The third-order valence-electron chi connectivity index (χ3n) is 6.25. The Labute approximate surface area is 221 Å². The number of anilines is 1. The van der Waals surface area contributed by atoms with Crippen molar-refractivity contribution in [2.45, 2.75) is 0 Å². The monoisotopic (exact) mass is 504 g/mol. The highest BCUT2D eigenvalue weighted by Gasteiger charge is 2.22. The van der Waals surface area contributed by atoms with Crippen molar-refractivity contribution < 1.29 is 14.3 Å². The Balaban J connectivity index is 1.42. The lowest BCUT2D eigenvalue weighted by molar-refractivity contribution is -0.117. The van der Waals surface area contributed by atoms with Gasteiger partial charge in [-0.25, -0.2) is 4.68 Å². The van der Waals surface area contributed by atoms with Gasteiger partial charge in [0.1, 0.15) is 12.4 Å². The average molecular weight is 505 g/mol. The van der Waals surface area contributed by atoms with E-state index < -0.39 is 0 Å². The molecule has 0 spiro atoms. The zero-order valence-electron chi connectivity index (χ0n) is 21.1. The summed E-state index contributed by atoms with van der Waals surface area (Å²) in [6.45, 7) is 0.454. The molecule has 5 rings (SSSR count). The van der Waals surface area contributed by atoms with Crippen molar-refractivity contribution >= 4 is 28.4 Å². The molecule has 0 aliphatic heterocycles. The minimum Gasteiger partial charge on any atom is -0.383 e. The molecule has 4 aromatic carbocycles. The van der Waals surface area contributed by atoms with Crippen LogP contribution < -0.4 is 5.32 Å². The van der Waals surface area contributed by atoms with E-state index in [1.54, 1.807) is 17.9 Å². The van der Waals surface area contributed by atoms with Gasteiger partial charge in [-0.1, -0.05) is 84.9 Å². The van der Waals surface area contributed by atoms with Crippen LogP contribution in [0.3, 0.4) is 0 Å². The van der Waals surface area contributed by atoms with Gasteiger partial charge >= 0.3 is 0 Å². The number of nitrogens with one attached hydrogen (secondary N) is 1. The van der Waals surface area contributed by atoms with Crippen LogP contribution in [0.5, 0.6) is 0 Å². The molecule has 1 N–H and O–H groups in total. The van der Waals surface area contributed by atoms with Gasteiger partial charge in [0.05, 0.1) is 18.0 Å². The van der Waals surface area contributed by atoms with Crippen LogP contribution in [0.2, 0.25) is 0 Å². The Morgan fingerprint density at radius 3 is 2.32 bits per heavy atom. The number of hydrogen-bond acceptors (Lipinski definition) is 4. The second-order valence-electron chi connectivity index (χ2n) is 8.82. The lowest BCUT2D eigenvalue weighted by Gasteiger charge is -2.23. The highest BCUT2D eigenvalue weighted by Crippen LogP contribution is 2.25. The number of methoxy groups -OCH3 is 1. The van der Waals surface area contributed by atoms with Gasteiger partial charge in [0.2, 0.25) is 5.91 Å². The van der Waals surface area contributed by atoms with E-state index >= 15 is 0 Å². The molecule has 0 aliphatic rings. The van der Waals surface area contributed by atoms with Crippen molar-refractivity contribution in [3.8, 4) is 16.9 Å². The number of ether oxygens (including phenoxy) is 1. The smallest absolute Gasteiger partial charge is 0.255 e. The molecule has 2 amide bonds. The number of nitrogens with zero attached hydrogens (tertiary/aromatic N) is 3. The number of aromatic nitrogens is 2. The third-order valence-corrected chi connectivity index (χ3v) is 6.25. The fraction of sp³-hybridized carbons (Fsp3) is 0.129. The Morgan fingerprint density at radius 1 is 0.868 bits per heavy atom. The van der Waals surface area contributed by atoms with Crippen LogP contribution in [0.4, 0.5) is 5.82 Å². The summed E-state index contributed by atoms with van der Waals surface area (Å²) in [7, 11) is 1.57. The van der Waals surface area contributed by atoms with Crippen molar-refractivity contribution in [2.24, 2.45) is 0 Å². The summed E-state index contributed by atoms with van der Waals surface area (Å²) in [5, 5.41) is 9.54. The standard InChI is InChI=1S/C31H28N4O3/c1-38-20-19-34(31(37)27-18-10-14-23-11-8-9-17-26(23)27)22-30(36)32-29-21-28(24-12-4-2-5-13-24)33-35(29)25-15-6-3-7-16-25/h2-18,21H,19-20,22H2,1H3,(H,32,36). The third kappa shape index (κ3) is 5.48. The Morgan fingerprint density at radius 2 is 1.55 bits per heavy atom. The van der Waals surface area contributed by atoms with Gasteiger partial charge in [-0.2, -0.15) is 5.10 Å². The van der Waals surface area contributed by atoms with E-state index in [1.165, 1.54) is 4.90 Å². The maximum absolute atomic E-state index is 13.6. The maximum atomic E-state index is 13.6. The zero-order chi connectivity index (χ0) is 26.3. The van der Waals surface area contributed by atoms with Gasteiger partial charge in [-0.15, -0.1) is 0 Å². The lowest BCUT2D eigenvalue weighted by Crippen LogP contribution is -2.40. The molecule has 38 heavy (non-hydrogen) atoms. The predicted octanol–water partition coefficient (Wildman–Crippen LogP) is 5.42. The second-order valence-corrected chi connectivity index (χ2v) is 8.82. The molecule has 7 nitrogen and oxygen atoms in total. The molecule has 7 heteroatoms. The molecule has 0 atom stereocenters. The first-order valence-electron chi connectivity index (χ1n) is 12.4. The molecule has 0 fully saturated rings. The van der Waals surface area contributed by atoms with Gasteiger partial charge in [-0.3, -0.25) is 9.59 Å². The summed E-state index contributed by atoms with van der Waals surface area (Å²) in [5.41, 5.74) is 3.03. The summed E-state index contributed by atoms with van der Waals surface area (Å²) >= 11 is 0. The molecule has 0 saturated heterocycles. The van der Waals surface area contributed by atoms with Crippen molar-refractivity contribution in [1.82, 2.24) is 14.7 Å². The van der Waals surface area contributed by atoms with E-state index in [9.17, 15) is 9.59 Å². The lowest BCUT2D eigenvalue weighted by atomic mass is 10.0. The second kappa shape index (κ2) is 11.5. The average Bonchev–Trinajstić information content (AvgIpc) is 3.39. The Hall–Kier alpha value is -4.75. The van der Waals surface area contributed by atoms with Crippen molar-refractivity contribution in [2.75, 3.05) is 32.1 Å². The summed E-state index contributed by atoms with van der Waals surface area (Å²) in [4.78, 5) is 28.4. The van der Waals surface area contributed by atoms with E-state index in [2.05, 4.69) is 5.32 Å². The topological polar surface area (TPSA) is 76.5 Å². The molecule has 0 saturated carbocycles. The number of para-hydroxylation sites is 1. The molecular formula is C31H28N4O3.